The number of methoxy groups -OCH3 is 1. The first kappa shape index (κ1) is 28.0. The van der Waals surface area contributed by atoms with Crippen LogP contribution in [-0.4, -0.2) is 63.9 Å². The smallest absolute Gasteiger partial charge is 0.275 e. The molecule has 10 nitrogen and oxygen atoms in total. The highest BCUT2D eigenvalue weighted by atomic mass is 35.5. The highest BCUT2D eigenvalue weighted by Crippen LogP contribution is 2.46. The maximum absolute atomic E-state index is 14.1. The van der Waals surface area contributed by atoms with Crippen molar-refractivity contribution in [1.82, 2.24) is 19.7 Å². The lowest BCUT2D eigenvalue weighted by Crippen LogP contribution is -2.55. The van der Waals surface area contributed by atoms with Crippen LogP contribution in [-0.2, 0) is 11.3 Å². The molecule has 12 heteroatoms. The largest absolute Gasteiger partial charge is 0.496 e. The third-order valence-corrected chi connectivity index (χ3v) is 7.87. The van der Waals surface area contributed by atoms with E-state index in [9.17, 15) is 9.59 Å². The second-order valence-corrected chi connectivity index (χ2v) is 11.6. The number of halogens is 2. The first-order valence-electron chi connectivity index (χ1n) is 13.2. The van der Waals surface area contributed by atoms with Crippen molar-refractivity contribution in [2.75, 3.05) is 26.9 Å². The van der Waals surface area contributed by atoms with E-state index in [1.165, 1.54) is 6.20 Å². The Balaban J connectivity index is 1.59. The summed E-state index contributed by atoms with van der Waals surface area (Å²) in [5.74, 6) is 0.202. The van der Waals surface area contributed by atoms with Gasteiger partial charge in [0, 0.05) is 57.3 Å². The quantitative estimate of drug-likeness (QED) is 0.332. The summed E-state index contributed by atoms with van der Waals surface area (Å²) in [5.41, 5.74) is 9.25. The third-order valence-electron chi connectivity index (χ3n) is 7.43. The molecule has 0 radical (unpaired) electrons. The van der Waals surface area contributed by atoms with E-state index in [2.05, 4.69) is 4.98 Å². The van der Waals surface area contributed by atoms with E-state index in [0.29, 0.717) is 74.9 Å². The van der Waals surface area contributed by atoms with Gasteiger partial charge in [-0.2, -0.15) is 5.10 Å². The molecular formula is C30H27Cl2N5O5. The molecule has 0 atom stereocenters. The Morgan fingerprint density at radius 3 is 2.50 bits per heavy atom. The molecule has 2 N–H and O–H groups in total. The molecule has 0 aliphatic carbocycles. The van der Waals surface area contributed by atoms with Gasteiger partial charge >= 0.3 is 0 Å². The zero-order valence-corrected chi connectivity index (χ0v) is 24.6. The summed E-state index contributed by atoms with van der Waals surface area (Å²) in [6.07, 6.45) is 3.02. The number of carbonyl (C=O) groups is 2. The van der Waals surface area contributed by atoms with E-state index in [0.717, 1.165) is 0 Å². The predicted molar refractivity (Wildman–Crippen MR) is 158 cm³/mol. The number of nitrogens with zero attached hydrogens (tertiary/aromatic N) is 4. The number of nitrogens with two attached hydrogens (primary N) is 1. The molecule has 2 aromatic heterocycles. The Hall–Kier alpha value is -4.12. The van der Waals surface area contributed by atoms with Crippen molar-refractivity contribution >= 4 is 35.0 Å². The monoisotopic (exact) mass is 607 g/mol. The lowest BCUT2D eigenvalue weighted by molar-refractivity contribution is -0.0374. The minimum atomic E-state index is -0.600. The summed E-state index contributed by atoms with van der Waals surface area (Å²) >= 11 is 12.8. The number of morpholine rings is 1. The van der Waals surface area contributed by atoms with Crippen LogP contribution in [0.15, 0.2) is 48.8 Å². The molecule has 2 amide bonds. The second kappa shape index (κ2) is 10.6. The van der Waals surface area contributed by atoms with Gasteiger partial charge in [0.1, 0.15) is 18.1 Å². The first-order chi connectivity index (χ1) is 20.1. The topological polar surface area (TPSA) is 122 Å². The molecule has 0 unspecified atom stereocenters. The molecule has 0 bridgehead atoms. The number of carbonyl (C=O) groups excluding carboxylic acids is 2. The number of hydrogen-bond donors (Lipinski definition) is 1. The van der Waals surface area contributed by atoms with Crippen LogP contribution < -0.4 is 15.2 Å². The molecule has 4 aromatic rings. The lowest BCUT2D eigenvalue weighted by atomic mass is 9.95. The van der Waals surface area contributed by atoms with Crippen LogP contribution in [0.1, 0.15) is 40.3 Å². The Morgan fingerprint density at radius 1 is 1.05 bits per heavy atom. The fraction of sp³-hybridized carbons (Fsp3) is 0.267. The summed E-state index contributed by atoms with van der Waals surface area (Å²) in [6, 6.07) is 10.4. The Kier molecular flexibility index (Phi) is 7.08. The van der Waals surface area contributed by atoms with Gasteiger partial charge in [-0.05, 0) is 44.2 Å². The number of pyridine rings is 1. The molecule has 4 heterocycles. The summed E-state index contributed by atoms with van der Waals surface area (Å²) in [5, 5.41) is 5.68. The van der Waals surface area contributed by atoms with E-state index >= 15 is 0 Å². The fourth-order valence-corrected chi connectivity index (χ4v) is 5.89. The van der Waals surface area contributed by atoms with E-state index in [1.54, 1.807) is 53.2 Å². The number of benzene rings is 2. The zero-order chi connectivity index (χ0) is 29.8. The van der Waals surface area contributed by atoms with Crippen molar-refractivity contribution in [3.05, 3.63) is 75.7 Å². The van der Waals surface area contributed by atoms with Gasteiger partial charge in [0.25, 0.3) is 5.91 Å². The maximum Gasteiger partial charge on any atom is 0.275 e. The van der Waals surface area contributed by atoms with Crippen LogP contribution in [0, 0.1) is 0 Å². The van der Waals surface area contributed by atoms with Crippen molar-refractivity contribution < 1.29 is 23.8 Å². The van der Waals surface area contributed by atoms with Crippen LogP contribution in [0.3, 0.4) is 0 Å². The molecule has 0 spiro atoms. The molecule has 1 fully saturated rings. The number of ether oxygens (including phenoxy) is 3. The van der Waals surface area contributed by atoms with Crippen molar-refractivity contribution in [2.24, 2.45) is 5.73 Å². The number of fused-ring (bicyclic) bond motifs is 3. The number of hydrogen-bond acceptors (Lipinski definition) is 7. The van der Waals surface area contributed by atoms with Crippen LogP contribution in [0.2, 0.25) is 10.0 Å². The zero-order valence-electron chi connectivity index (χ0n) is 23.1. The SMILES string of the molecule is COc1cc2c(cc1-c1cncc(C(N)=O)c1)-c1c(c(C(=O)N3CCOCC3(C)C)nn1-c1cc(Cl)cc(Cl)c1)CO2. The van der Waals surface area contributed by atoms with Crippen LogP contribution in [0.4, 0.5) is 0 Å². The number of primary amides is 1. The standard InChI is InChI=1S/C30H27Cl2N5O5/c1-30(2)15-41-5-4-36(30)29(39)26-23-14-42-25-11-24(40-3)21(16-6-17(28(33)38)13-34-12-16)10-22(25)27(23)37(35-26)20-8-18(31)7-19(32)9-20/h6-13H,4-5,14-15H2,1-3H3,(H2,33,38). The molecule has 1 saturated heterocycles. The van der Waals surface area contributed by atoms with Gasteiger partial charge in [0.15, 0.2) is 5.69 Å². The fourth-order valence-electron chi connectivity index (χ4n) is 5.38. The normalized spacial score (nSPS) is 15.4. The second-order valence-electron chi connectivity index (χ2n) is 10.7. The average Bonchev–Trinajstić information content (AvgIpc) is 3.36. The van der Waals surface area contributed by atoms with Crippen molar-refractivity contribution in [1.29, 1.82) is 0 Å². The van der Waals surface area contributed by atoms with Gasteiger partial charge in [-0.15, -0.1) is 0 Å². The summed E-state index contributed by atoms with van der Waals surface area (Å²) in [7, 11) is 1.55. The summed E-state index contributed by atoms with van der Waals surface area (Å²) in [6.45, 7) is 5.29. The number of amides is 2. The van der Waals surface area contributed by atoms with Crippen molar-refractivity contribution in [2.45, 2.75) is 26.0 Å². The molecule has 6 rings (SSSR count). The molecule has 2 aliphatic heterocycles. The van der Waals surface area contributed by atoms with Crippen LogP contribution in [0.5, 0.6) is 11.5 Å². The van der Waals surface area contributed by atoms with Crippen LogP contribution >= 0.6 is 23.2 Å². The van der Waals surface area contributed by atoms with Gasteiger partial charge in [-0.1, -0.05) is 23.2 Å². The van der Waals surface area contributed by atoms with E-state index in [1.807, 2.05) is 19.9 Å². The molecule has 42 heavy (non-hydrogen) atoms. The number of rotatable bonds is 5. The minimum absolute atomic E-state index is 0.101. The summed E-state index contributed by atoms with van der Waals surface area (Å²) < 4.78 is 19.2. The molecule has 0 saturated carbocycles. The van der Waals surface area contributed by atoms with Gasteiger partial charge in [-0.25, -0.2) is 4.68 Å². The minimum Gasteiger partial charge on any atom is -0.496 e. The average molecular weight is 608 g/mol. The van der Waals surface area contributed by atoms with E-state index in [-0.39, 0.29) is 23.8 Å². The molecular weight excluding hydrogens is 581 g/mol. The van der Waals surface area contributed by atoms with E-state index < -0.39 is 11.4 Å². The third kappa shape index (κ3) is 4.85. The summed E-state index contributed by atoms with van der Waals surface area (Å²) in [4.78, 5) is 31.9. The van der Waals surface area contributed by atoms with Crippen LogP contribution in [0.25, 0.3) is 28.1 Å². The molecule has 2 aliphatic rings. The first-order valence-corrected chi connectivity index (χ1v) is 13.9. The Bertz CT molecular complexity index is 1730. The molecule has 2 aromatic carbocycles. The number of aromatic nitrogens is 3. The Morgan fingerprint density at radius 2 is 1.81 bits per heavy atom. The maximum atomic E-state index is 14.1. The van der Waals surface area contributed by atoms with Gasteiger partial charge < -0.3 is 24.8 Å². The lowest BCUT2D eigenvalue weighted by Gasteiger charge is -2.41. The van der Waals surface area contributed by atoms with Gasteiger partial charge in [0.05, 0.1) is 42.8 Å². The highest BCUT2D eigenvalue weighted by Gasteiger charge is 2.39. The van der Waals surface area contributed by atoms with Crippen molar-refractivity contribution in [3.63, 3.8) is 0 Å². The Labute approximate surface area is 251 Å². The van der Waals surface area contributed by atoms with E-state index in [4.69, 9.17) is 48.2 Å². The van der Waals surface area contributed by atoms with Crippen molar-refractivity contribution in [3.8, 4) is 39.6 Å². The van der Waals surface area contributed by atoms with Gasteiger partial charge in [-0.3, -0.25) is 14.6 Å². The highest BCUT2D eigenvalue weighted by molar-refractivity contribution is 6.34. The van der Waals surface area contributed by atoms with Gasteiger partial charge in [0.2, 0.25) is 5.91 Å². The predicted octanol–water partition coefficient (Wildman–Crippen LogP) is 5.16. The molecule has 216 valence electrons.